The lowest BCUT2D eigenvalue weighted by molar-refractivity contribution is -0.169. The number of hydrogen-bond acceptors (Lipinski definition) is 8. The largest absolute Gasteiger partial charge is 0.493 e. The number of esters is 2. The maximum atomic E-state index is 12.8. The van der Waals surface area contributed by atoms with Crippen LogP contribution in [0, 0.1) is 0 Å². The maximum Gasteiger partial charge on any atom is 0.345 e. The Morgan fingerprint density at radius 1 is 1.00 bits per heavy atom. The van der Waals surface area contributed by atoms with E-state index in [1.807, 2.05) is 17.0 Å². The Balaban J connectivity index is 2.37. The molecule has 1 N–H and O–H groups in total. The maximum absolute atomic E-state index is 12.8. The molecule has 0 aliphatic carbocycles. The third-order valence-corrected chi connectivity index (χ3v) is 4.90. The lowest BCUT2D eigenvalue weighted by Gasteiger charge is -2.37. The van der Waals surface area contributed by atoms with Crippen molar-refractivity contribution in [2.75, 3.05) is 40.5 Å². The van der Waals surface area contributed by atoms with E-state index in [-0.39, 0.29) is 19.8 Å². The first-order chi connectivity index (χ1) is 14.3. The molecule has 0 radical (unpaired) electrons. The number of methoxy groups -OCH3 is 2. The summed E-state index contributed by atoms with van der Waals surface area (Å²) in [5, 5.41) is 2.50. The van der Waals surface area contributed by atoms with E-state index in [0.717, 1.165) is 11.1 Å². The van der Waals surface area contributed by atoms with Gasteiger partial charge in [0.05, 0.1) is 27.4 Å². The summed E-state index contributed by atoms with van der Waals surface area (Å²) in [5.74, 6) is -0.953. The smallest absolute Gasteiger partial charge is 0.345 e. The van der Waals surface area contributed by atoms with Crippen LogP contribution in [0.1, 0.15) is 31.9 Å². The number of carbonyl (C=O) groups excluding carboxylic acids is 3. The van der Waals surface area contributed by atoms with Gasteiger partial charge in [-0.1, -0.05) is 0 Å². The van der Waals surface area contributed by atoms with Crippen LogP contribution in [0.5, 0.6) is 11.5 Å². The Hall–Kier alpha value is -2.81. The standard InChI is InChI=1S/C21H30N2O7/c1-6-29-19(25)21(22-14(3)24,20(26)30-7-2)13-23-9-8-15-10-17(27-4)18(28-5)11-16(15)12-23/h10-11H,6-9,12-13H2,1-5H3,(H,22,24). The van der Waals surface area contributed by atoms with E-state index in [9.17, 15) is 14.4 Å². The van der Waals surface area contributed by atoms with E-state index in [2.05, 4.69) is 5.32 Å². The molecule has 1 heterocycles. The van der Waals surface area contributed by atoms with Crippen LogP contribution in [-0.4, -0.2) is 68.8 Å². The molecule has 0 saturated carbocycles. The normalized spacial score (nSPS) is 13.8. The van der Waals surface area contributed by atoms with Crippen LogP contribution in [0.4, 0.5) is 0 Å². The molecule has 1 aromatic rings. The zero-order valence-corrected chi connectivity index (χ0v) is 18.2. The van der Waals surface area contributed by atoms with Crippen LogP contribution < -0.4 is 14.8 Å². The first-order valence-corrected chi connectivity index (χ1v) is 9.90. The van der Waals surface area contributed by atoms with E-state index in [4.69, 9.17) is 18.9 Å². The first-order valence-electron chi connectivity index (χ1n) is 9.90. The molecule has 9 nitrogen and oxygen atoms in total. The van der Waals surface area contributed by atoms with Crippen molar-refractivity contribution in [1.82, 2.24) is 10.2 Å². The van der Waals surface area contributed by atoms with Gasteiger partial charge in [-0.05, 0) is 43.5 Å². The molecule has 2 rings (SSSR count). The van der Waals surface area contributed by atoms with Crippen LogP contribution in [0.25, 0.3) is 0 Å². The fourth-order valence-corrected chi connectivity index (χ4v) is 3.58. The molecular formula is C21H30N2O7. The van der Waals surface area contributed by atoms with E-state index in [0.29, 0.717) is 31.0 Å². The van der Waals surface area contributed by atoms with Crippen molar-refractivity contribution in [2.24, 2.45) is 0 Å². The van der Waals surface area contributed by atoms with Gasteiger partial charge in [0, 0.05) is 26.6 Å². The molecule has 0 unspecified atom stereocenters. The van der Waals surface area contributed by atoms with Crippen molar-refractivity contribution in [3.8, 4) is 11.5 Å². The van der Waals surface area contributed by atoms with Gasteiger partial charge in [-0.15, -0.1) is 0 Å². The summed E-state index contributed by atoms with van der Waals surface area (Å²) in [6.07, 6.45) is 0.678. The van der Waals surface area contributed by atoms with E-state index in [1.165, 1.54) is 6.92 Å². The van der Waals surface area contributed by atoms with Gasteiger partial charge >= 0.3 is 11.9 Å². The number of nitrogens with zero attached hydrogens (tertiary/aromatic N) is 1. The number of amides is 1. The Labute approximate surface area is 176 Å². The van der Waals surface area contributed by atoms with Gasteiger partial charge in [-0.2, -0.15) is 0 Å². The molecule has 1 aliphatic heterocycles. The third kappa shape index (κ3) is 5.02. The number of ether oxygens (including phenoxy) is 4. The van der Waals surface area contributed by atoms with Crippen molar-refractivity contribution in [2.45, 2.75) is 39.3 Å². The summed E-state index contributed by atoms with van der Waals surface area (Å²) in [6, 6.07) is 3.82. The Morgan fingerprint density at radius 2 is 1.53 bits per heavy atom. The van der Waals surface area contributed by atoms with E-state index >= 15 is 0 Å². The number of hydrogen-bond donors (Lipinski definition) is 1. The van der Waals surface area contributed by atoms with Gasteiger partial charge < -0.3 is 24.3 Å². The van der Waals surface area contributed by atoms with Crippen molar-refractivity contribution >= 4 is 17.8 Å². The number of carbonyl (C=O) groups is 3. The Morgan fingerprint density at radius 3 is 2.00 bits per heavy atom. The van der Waals surface area contributed by atoms with Crippen LogP contribution in [0.2, 0.25) is 0 Å². The molecule has 0 bridgehead atoms. The van der Waals surface area contributed by atoms with Crippen molar-refractivity contribution < 1.29 is 33.3 Å². The van der Waals surface area contributed by atoms with Crippen molar-refractivity contribution in [3.63, 3.8) is 0 Å². The minimum atomic E-state index is -1.94. The van der Waals surface area contributed by atoms with Crippen molar-refractivity contribution in [1.29, 1.82) is 0 Å². The lowest BCUT2D eigenvalue weighted by atomic mass is 9.94. The third-order valence-electron chi connectivity index (χ3n) is 4.90. The quantitative estimate of drug-likeness (QED) is 0.466. The van der Waals surface area contributed by atoms with Crippen LogP contribution in [0.15, 0.2) is 12.1 Å². The SMILES string of the molecule is CCOC(=O)C(CN1CCc2cc(OC)c(OC)cc2C1)(NC(C)=O)C(=O)OCC. The molecule has 9 heteroatoms. The van der Waals surface area contributed by atoms with Gasteiger partial charge in [-0.3, -0.25) is 9.69 Å². The number of nitrogens with one attached hydrogen (secondary N) is 1. The first kappa shape index (κ1) is 23.5. The highest BCUT2D eigenvalue weighted by atomic mass is 16.6. The van der Waals surface area contributed by atoms with Gasteiger partial charge in [0.15, 0.2) is 11.5 Å². The topological polar surface area (TPSA) is 103 Å². The van der Waals surface area contributed by atoms with Crippen LogP contribution in [0.3, 0.4) is 0 Å². The summed E-state index contributed by atoms with van der Waals surface area (Å²) in [7, 11) is 3.15. The molecule has 1 amide bonds. The van der Waals surface area contributed by atoms with E-state index in [1.54, 1.807) is 28.1 Å². The molecule has 0 fully saturated rings. The molecule has 0 saturated heterocycles. The molecule has 0 atom stereocenters. The Kier molecular flexibility index (Phi) is 8.05. The molecule has 166 valence electrons. The highest BCUT2D eigenvalue weighted by Crippen LogP contribution is 2.33. The molecule has 1 aromatic carbocycles. The van der Waals surface area contributed by atoms with Crippen LogP contribution >= 0.6 is 0 Å². The summed E-state index contributed by atoms with van der Waals surface area (Å²) in [6.45, 7) is 5.61. The van der Waals surface area contributed by atoms with Crippen molar-refractivity contribution in [3.05, 3.63) is 23.3 Å². The summed E-state index contributed by atoms with van der Waals surface area (Å²) < 4.78 is 21.0. The Bertz CT molecular complexity index is 776. The van der Waals surface area contributed by atoms with E-state index < -0.39 is 23.4 Å². The highest BCUT2D eigenvalue weighted by Gasteiger charge is 2.51. The second-order valence-corrected chi connectivity index (χ2v) is 6.96. The minimum Gasteiger partial charge on any atom is -0.493 e. The van der Waals surface area contributed by atoms with Gasteiger partial charge in [-0.25, -0.2) is 9.59 Å². The zero-order valence-electron chi connectivity index (χ0n) is 18.2. The van der Waals surface area contributed by atoms with Gasteiger partial charge in [0.2, 0.25) is 11.4 Å². The van der Waals surface area contributed by atoms with Gasteiger partial charge in [0.25, 0.3) is 0 Å². The summed E-state index contributed by atoms with van der Waals surface area (Å²) >= 11 is 0. The minimum absolute atomic E-state index is 0.0688. The fourth-order valence-electron chi connectivity index (χ4n) is 3.58. The van der Waals surface area contributed by atoms with Crippen LogP contribution in [-0.2, 0) is 36.8 Å². The molecule has 1 aliphatic rings. The highest BCUT2D eigenvalue weighted by molar-refractivity contribution is 6.08. The summed E-state index contributed by atoms with van der Waals surface area (Å²) in [4.78, 5) is 39.4. The average Bonchev–Trinajstić information content (AvgIpc) is 2.71. The predicted octanol–water partition coefficient (Wildman–Crippen LogP) is 1.06. The second kappa shape index (κ2) is 10.3. The molecule has 0 spiro atoms. The lowest BCUT2D eigenvalue weighted by Crippen LogP contribution is -2.66. The average molecular weight is 422 g/mol. The number of benzene rings is 1. The molecule has 0 aromatic heterocycles. The zero-order chi connectivity index (χ0) is 22.3. The fraction of sp³-hybridized carbons (Fsp3) is 0.571. The second-order valence-electron chi connectivity index (χ2n) is 6.96. The predicted molar refractivity (Wildman–Crippen MR) is 108 cm³/mol. The van der Waals surface area contributed by atoms with Gasteiger partial charge in [0.1, 0.15) is 0 Å². The molecular weight excluding hydrogens is 392 g/mol. The molecule has 30 heavy (non-hydrogen) atoms. The number of rotatable bonds is 9. The monoisotopic (exact) mass is 422 g/mol. The number of fused-ring (bicyclic) bond motifs is 1. The summed E-state index contributed by atoms with van der Waals surface area (Å²) in [5.41, 5.74) is 0.149.